The minimum Gasteiger partial charge on any atom is -0.448 e. The second-order valence-corrected chi connectivity index (χ2v) is 7.03. The molecular formula is C19H21NO3S. The Bertz CT molecular complexity index is 729. The molecule has 0 radical (unpaired) electrons. The third kappa shape index (κ3) is 3.51. The summed E-state index contributed by atoms with van der Waals surface area (Å²) < 4.78 is 5.44. The van der Waals surface area contributed by atoms with Crippen molar-refractivity contribution in [3.63, 3.8) is 0 Å². The van der Waals surface area contributed by atoms with E-state index in [1.54, 1.807) is 11.8 Å². The summed E-state index contributed by atoms with van der Waals surface area (Å²) in [5.74, 6) is -0.532. The van der Waals surface area contributed by atoms with E-state index in [9.17, 15) is 9.59 Å². The van der Waals surface area contributed by atoms with E-state index in [0.717, 1.165) is 37.1 Å². The molecule has 1 atom stereocenters. The lowest BCUT2D eigenvalue weighted by Crippen LogP contribution is -2.38. The average molecular weight is 343 g/mol. The van der Waals surface area contributed by atoms with Gasteiger partial charge in [0.15, 0.2) is 6.10 Å². The zero-order valence-corrected chi connectivity index (χ0v) is 14.8. The molecule has 2 aromatic rings. The van der Waals surface area contributed by atoms with E-state index in [1.165, 1.54) is 16.9 Å². The normalized spacial score (nSPS) is 15.3. The van der Waals surface area contributed by atoms with Crippen molar-refractivity contribution in [3.05, 3.63) is 46.2 Å². The predicted molar refractivity (Wildman–Crippen MR) is 95.2 cm³/mol. The van der Waals surface area contributed by atoms with Gasteiger partial charge in [-0.25, -0.2) is 4.79 Å². The topological polar surface area (TPSA) is 46.6 Å². The van der Waals surface area contributed by atoms with Gasteiger partial charge in [-0.15, -0.1) is 11.3 Å². The number of benzene rings is 1. The molecule has 5 heteroatoms. The number of rotatable bonds is 4. The van der Waals surface area contributed by atoms with Gasteiger partial charge < -0.3 is 9.64 Å². The first-order chi connectivity index (χ1) is 11.6. The quantitative estimate of drug-likeness (QED) is 0.791. The minimum absolute atomic E-state index is 0.103. The van der Waals surface area contributed by atoms with Gasteiger partial charge in [0.25, 0.3) is 5.91 Å². The van der Waals surface area contributed by atoms with Gasteiger partial charge in [0.2, 0.25) is 0 Å². The van der Waals surface area contributed by atoms with E-state index in [-0.39, 0.29) is 5.91 Å². The van der Waals surface area contributed by atoms with Crippen molar-refractivity contribution in [2.24, 2.45) is 0 Å². The maximum absolute atomic E-state index is 12.5. The van der Waals surface area contributed by atoms with Gasteiger partial charge in [-0.2, -0.15) is 0 Å². The van der Waals surface area contributed by atoms with Crippen LogP contribution in [0.15, 0.2) is 35.7 Å². The van der Waals surface area contributed by atoms with Crippen molar-refractivity contribution in [1.82, 2.24) is 4.90 Å². The van der Waals surface area contributed by atoms with Crippen LogP contribution in [0.2, 0.25) is 0 Å². The third-order valence-corrected chi connectivity index (χ3v) is 5.16. The smallest absolute Gasteiger partial charge is 0.349 e. The summed E-state index contributed by atoms with van der Waals surface area (Å²) in [6.45, 7) is 5.19. The molecule has 2 heterocycles. The fourth-order valence-corrected chi connectivity index (χ4v) is 3.68. The summed E-state index contributed by atoms with van der Waals surface area (Å²) in [6.07, 6.45) is 1.30. The number of amides is 1. The molecule has 24 heavy (non-hydrogen) atoms. The van der Waals surface area contributed by atoms with Crippen LogP contribution < -0.4 is 0 Å². The summed E-state index contributed by atoms with van der Waals surface area (Å²) in [5.41, 5.74) is 3.00. The Kier molecular flexibility index (Phi) is 5.00. The van der Waals surface area contributed by atoms with Gasteiger partial charge in [0.1, 0.15) is 4.88 Å². The molecule has 1 aromatic heterocycles. The number of aryl methyl sites for hydroxylation is 1. The summed E-state index contributed by atoms with van der Waals surface area (Å²) in [6, 6.07) is 9.93. The average Bonchev–Trinajstić information content (AvgIpc) is 3.26. The summed E-state index contributed by atoms with van der Waals surface area (Å²) in [4.78, 5) is 27.1. The van der Waals surface area contributed by atoms with Crippen molar-refractivity contribution in [2.75, 3.05) is 13.1 Å². The molecule has 1 amide bonds. The number of carbonyl (C=O) groups excluding carboxylic acids is 2. The summed E-state index contributed by atoms with van der Waals surface area (Å²) >= 11 is 1.34. The van der Waals surface area contributed by atoms with Gasteiger partial charge in [0.05, 0.1) is 0 Å². The van der Waals surface area contributed by atoms with Gasteiger partial charge in [-0.3, -0.25) is 4.79 Å². The van der Waals surface area contributed by atoms with Crippen molar-refractivity contribution < 1.29 is 14.3 Å². The Hall–Kier alpha value is -2.14. The molecule has 126 valence electrons. The van der Waals surface area contributed by atoms with Crippen LogP contribution in [0.5, 0.6) is 0 Å². The van der Waals surface area contributed by atoms with Gasteiger partial charge in [-0.05, 0) is 43.7 Å². The van der Waals surface area contributed by atoms with Crippen LogP contribution in [0.4, 0.5) is 0 Å². The lowest BCUT2D eigenvalue weighted by Gasteiger charge is -2.20. The maximum Gasteiger partial charge on any atom is 0.349 e. The van der Waals surface area contributed by atoms with Crippen molar-refractivity contribution in [2.45, 2.75) is 32.8 Å². The molecule has 1 fully saturated rings. The molecule has 3 rings (SSSR count). The molecule has 0 aliphatic carbocycles. The largest absolute Gasteiger partial charge is 0.448 e. The Labute approximate surface area is 146 Å². The van der Waals surface area contributed by atoms with Crippen molar-refractivity contribution in [3.8, 4) is 11.1 Å². The molecule has 0 N–H and O–H groups in total. The number of likely N-dealkylation sites (tertiary alicyclic amines) is 1. The molecule has 0 saturated carbocycles. The molecule has 0 spiro atoms. The highest BCUT2D eigenvalue weighted by Gasteiger charge is 2.27. The van der Waals surface area contributed by atoms with Gasteiger partial charge in [-0.1, -0.05) is 29.8 Å². The lowest BCUT2D eigenvalue weighted by molar-refractivity contribution is -0.138. The summed E-state index contributed by atoms with van der Waals surface area (Å²) in [5, 5.41) is 1.87. The summed E-state index contributed by atoms with van der Waals surface area (Å²) in [7, 11) is 0. The van der Waals surface area contributed by atoms with Crippen LogP contribution in [-0.2, 0) is 9.53 Å². The predicted octanol–water partition coefficient (Wildman–Crippen LogP) is 3.89. The van der Waals surface area contributed by atoms with Crippen LogP contribution in [0.1, 0.15) is 35.0 Å². The Morgan fingerprint density at radius 3 is 2.46 bits per heavy atom. The molecule has 1 aliphatic heterocycles. The second kappa shape index (κ2) is 7.18. The number of thiophene rings is 1. The van der Waals surface area contributed by atoms with E-state index in [2.05, 4.69) is 0 Å². The Balaban J connectivity index is 1.72. The van der Waals surface area contributed by atoms with Gasteiger partial charge >= 0.3 is 5.97 Å². The van der Waals surface area contributed by atoms with E-state index in [4.69, 9.17) is 4.74 Å². The van der Waals surface area contributed by atoms with Crippen molar-refractivity contribution in [1.29, 1.82) is 0 Å². The Morgan fingerprint density at radius 2 is 1.79 bits per heavy atom. The van der Waals surface area contributed by atoms with Crippen molar-refractivity contribution >= 4 is 23.2 Å². The fraction of sp³-hybridized carbons (Fsp3) is 0.368. The lowest BCUT2D eigenvalue weighted by atomic mass is 10.1. The number of ether oxygens (including phenoxy) is 1. The van der Waals surface area contributed by atoms with Crippen LogP contribution in [-0.4, -0.2) is 36.0 Å². The minimum atomic E-state index is -0.747. The first-order valence-corrected chi connectivity index (χ1v) is 9.08. The number of nitrogens with zero attached hydrogens (tertiary/aromatic N) is 1. The monoisotopic (exact) mass is 343 g/mol. The number of hydrogen-bond donors (Lipinski definition) is 0. The molecule has 1 aliphatic rings. The highest BCUT2D eigenvalue weighted by Crippen LogP contribution is 2.29. The molecular weight excluding hydrogens is 322 g/mol. The number of hydrogen-bond acceptors (Lipinski definition) is 4. The van der Waals surface area contributed by atoms with E-state index >= 15 is 0 Å². The molecule has 4 nitrogen and oxygen atoms in total. The zero-order valence-electron chi connectivity index (χ0n) is 14.0. The molecule has 1 aromatic carbocycles. The molecule has 0 unspecified atom stereocenters. The fourth-order valence-electron chi connectivity index (χ4n) is 2.89. The number of esters is 1. The van der Waals surface area contributed by atoms with Crippen LogP contribution in [0, 0.1) is 6.92 Å². The van der Waals surface area contributed by atoms with E-state index in [1.807, 2.05) is 42.6 Å². The van der Waals surface area contributed by atoms with Gasteiger partial charge in [0, 0.05) is 18.7 Å². The number of carbonyl (C=O) groups is 2. The molecule has 0 bridgehead atoms. The highest BCUT2D eigenvalue weighted by atomic mass is 32.1. The maximum atomic E-state index is 12.5. The standard InChI is InChI=1S/C19H21NO3S/c1-13-5-7-15(8-6-13)16-9-12-24-17(16)19(22)23-14(2)18(21)20-10-3-4-11-20/h5-9,12,14H,3-4,10-11H2,1-2H3/t14-/m1/s1. The van der Waals surface area contributed by atoms with E-state index < -0.39 is 12.1 Å². The van der Waals surface area contributed by atoms with Crippen LogP contribution in [0.25, 0.3) is 11.1 Å². The first kappa shape index (κ1) is 16.7. The highest BCUT2D eigenvalue weighted by molar-refractivity contribution is 7.12. The second-order valence-electron chi connectivity index (χ2n) is 6.11. The SMILES string of the molecule is Cc1ccc(-c2ccsc2C(=O)O[C@H](C)C(=O)N2CCCC2)cc1. The Morgan fingerprint density at radius 1 is 1.12 bits per heavy atom. The third-order valence-electron chi connectivity index (χ3n) is 4.26. The van der Waals surface area contributed by atoms with Crippen LogP contribution >= 0.6 is 11.3 Å². The molecule has 1 saturated heterocycles. The van der Waals surface area contributed by atoms with E-state index in [0.29, 0.717) is 4.88 Å². The first-order valence-electron chi connectivity index (χ1n) is 8.20. The van der Waals surface area contributed by atoms with Crippen LogP contribution in [0.3, 0.4) is 0 Å². The zero-order chi connectivity index (χ0) is 17.1.